The normalized spacial score (nSPS) is 16.9. The largest absolute Gasteiger partial charge is 0.315 e. The van der Waals surface area contributed by atoms with Crippen molar-refractivity contribution in [2.75, 3.05) is 13.1 Å². The predicted octanol–water partition coefficient (Wildman–Crippen LogP) is 1.92. The smallest absolute Gasteiger partial charge is 0.0346 e. The molecule has 2 heterocycles. The Morgan fingerprint density at radius 1 is 1.14 bits per heavy atom. The Labute approximate surface area is 83.0 Å². The van der Waals surface area contributed by atoms with E-state index < -0.39 is 0 Å². The van der Waals surface area contributed by atoms with Crippen molar-refractivity contribution < 1.29 is 0 Å². The Morgan fingerprint density at radius 3 is 2.86 bits per heavy atom. The minimum Gasteiger partial charge on any atom is -0.315 e. The third-order valence-electron chi connectivity index (χ3n) is 2.92. The molecule has 1 aliphatic heterocycles. The summed E-state index contributed by atoms with van der Waals surface area (Å²) in [7, 11) is 0. The number of hydrogen-bond donors (Lipinski definition) is 1. The Balaban J connectivity index is 2.10. The summed E-state index contributed by atoms with van der Waals surface area (Å²) in [5.41, 5.74) is 1.45. The van der Waals surface area contributed by atoms with Crippen LogP contribution in [0.15, 0.2) is 36.7 Å². The van der Waals surface area contributed by atoms with Gasteiger partial charge < -0.3 is 5.32 Å². The van der Waals surface area contributed by atoms with E-state index in [1.165, 1.54) is 16.3 Å². The summed E-state index contributed by atoms with van der Waals surface area (Å²) in [6, 6.07) is 8.74. The number of nitrogens with zero attached hydrogens (tertiary/aromatic N) is 1. The molecule has 1 aromatic carbocycles. The summed E-state index contributed by atoms with van der Waals surface area (Å²) in [5, 5.41) is 5.82. The molecule has 70 valence electrons. The van der Waals surface area contributed by atoms with E-state index in [-0.39, 0.29) is 0 Å². The van der Waals surface area contributed by atoms with Crippen LogP contribution in [0.25, 0.3) is 10.8 Å². The summed E-state index contributed by atoms with van der Waals surface area (Å²) in [4.78, 5) is 4.11. The summed E-state index contributed by atoms with van der Waals surface area (Å²) >= 11 is 0. The van der Waals surface area contributed by atoms with Gasteiger partial charge in [-0.15, -0.1) is 0 Å². The van der Waals surface area contributed by atoms with Crippen LogP contribution in [0, 0.1) is 0 Å². The number of hydrogen-bond acceptors (Lipinski definition) is 2. The zero-order valence-electron chi connectivity index (χ0n) is 7.90. The molecule has 2 heteroatoms. The van der Waals surface area contributed by atoms with Gasteiger partial charge in [-0.3, -0.25) is 4.98 Å². The van der Waals surface area contributed by atoms with E-state index in [0.29, 0.717) is 5.92 Å². The van der Waals surface area contributed by atoms with Crippen molar-refractivity contribution in [3.63, 3.8) is 0 Å². The van der Waals surface area contributed by atoms with Gasteiger partial charge in [0.05, 0.1) is 0 Å². The van der Waals surface area contributed by atoms with E-state index in [1.54, 1.807) is 0 Å². The van der Waals surface area contributed by atoms with Gasteiger partial charge in [0, 0.05) is 36.8 Å². The first kappa shape index (κ1) is 7.94. The Morgan fingerprint density at radius 2 is 2.07 bits per heavy atom. The molecule has 1 saturated heterocycles. The first-order chi connectivity index (χ1) is 6.93. The molecule has 1 N–H and O–H groups in total. The molecule has 3 rings (SSSR count). The number of pyridine rings is 1. The van der Waals surface area contributed by atoms with E-state index in [0.717, 1.165) is 13.1 Å². The highest BCUT2D eigenvalue weighted by atomic mass is 14.9. The molecule has 0 radical (unpaired) electrons. The average Bonchev–Trinajstić information content (AvgIpc) is 2.15. The lowest BCUT2D eigenvalue weighted by atomic mass is 9.92. The highest BCUT2D eigenvalue weighted by molar-refractivity contribution is 5.82. The number of nitrogens with one attached hydrogen (secondary N) is 1. The predicted molar refractivity (Wildman–Crippen MR) is 57.4 cm³/mol. The SMILES string of the molecule is c1cc2cc(C3CNC3)ccc2cn1. The van der Waals surface area contributed by atoms with E-state index in [4.69, 9.17) is 0 Å². The van der Waals surface area contributed by atoms with Crippen molar-refractivity contribution in [1.82, 2.24) is 10.3 Å². The van der Waals surface area contributed by atoms with Crippen molar-refractivity contribution in [2.45, 2.75) is 5.92 Å². The lowest BCUT2D eigenvalue weighted by Crippen LogP contribution is -2.39. The zero-order valence-corrected chi connectivity index (χ0v) is 7.90. The second-order valence-electron chi connectivity index (χ2n) is 3.84. The molecular formula is C12H12N2. The van der Waals surface area contributed by atoms with Gasteiger partial charge in [0.15, 0.2) is 0 Å². The average molecular weight is 184 g/mol. The van der Waals surface area contributed by atoms with Crippen LogP contribution in [0.1, 0.15) is 11.5 Å². The van der Waals surface area contributed by atoms with E-state index in [2.05, 4.69) is 34.6 Å². The fourth-order valence-electron chi connectivity index (χ4n) is 1.88. The number of aromatic nitrogens is 1. The van der Waals surface area contributed by atoms with Crippen molar-refractivity contribution in [1.29, 1.82) is 0 Å². The monoisotopic (exact) mass is 184 g/mol. The molecule has 0 atom stereocenters. The van der Waals surface area contributed by atoms with Gasteiger partial charge in [-0.05, 0) is 17.0 Å². The minimum atomic E-state index is 0.715. The standard InChI is InChI=1S/C12H12N2/c1-2-11-6-13-4-3-10(11)5-9(1)12-7-14-8-12/h1-6,12,14H,7-8H2. The maximum absolute atomic E-state index is 4.11. The molecular weight excluding hydrogens is 172 g/mol. The van der Waals surface area contributed by atoms with Crippen LogP contribution in [0.3, 0.4) is 0 Å². The van der Waals surface area contributed by atoms with Crippen LogP contribution < -0.4 is 5.32 Å². The van der Waals surface area contributed by atoms with Crippen molar-refractivity contribution >= 4 is 10.8 Å². The summed E-state index contributed by atoms with van der Waals surface area (Å²) in [6.07, 6.45) is 3.77. The van der Waals surface area contributed by atoms with Crippen LogP contribution >= 0.6 is 0 Å². The Bertz CT molecular complexity index is 461. The fraction of sp³-hybridized carbons (Fsp3) is 0.250. The number of fused-ring (bicyclic) bond motifs is 1. The zero-order chi connectivity index (χ0) is 9.38. The summed E-state index contributed by atoms with van der Waals surface area (Å²) in [5.74, 6) is 0.715. The molecule has 1 fully saturated rings. The number of rotatable bonds is 1. The second-order valence-corrected chi connectivity index (χ2v) is 3.84. The highest BCUT2D eigenvalue weighted by Crippen LogP contribution is 2.23. The van der Waals surface area contributed by atoms with Gasteiger partial charge in [-0.1, -0.05) is 18.2 Å². The second kappa shape index (κ2) is 3.07. The van der Waals surface area contributed by atoms with E-state index in [9.17, 15) is 0 Å². The topological polar surface area (TPSA) is 24.9 Å². The molecule has 2 aromatic rings. The van der Waals surface area contributed by atoms with Crippen molar-refractivity contribution in [3.05, 3.63) is 42.2 Å². The van der Waals surface area contributed by atoms with E-state index in [1.807, 2.05) is 12.4 Å². The van der Waals surface area contributed by atoms with Crippen LogP contribution in [-0.4, -0.2) is 18.1 Å². The fourth-order valence-corrected chi connectivity index (χ4v) is 1.88. The highest BCUT2D eigenvalue weighted by Gasteiger charge is 2.18. The Kier molecular flexibility index (Phi) is 1.74. The molecule has 1 aliphatic rings. The van der Waals surface area contributed by atoms with Crippen molar-refractivity contribution in [3.8, 4) is 0 Å². The first-order valence-corrected chi connectivity index (χ1v) is 4.98. The molecule has 0 bridgehead atoms. The van der Waals surface area contributed by atoms with Gasteiger partial charge in [-0.2, -0.15) is 0 Å². The van der Waals surface area contributed by atoms with Crippen molar-refractivity contribution in [2.24, 2.45) is 0 Å². The molecule has 14 heavy (non-hydrogen) atoms. The van der Waals surface area contributed by atoms with Crippen LogP contribution in [0.2, 0.25) is 0 Å². The quantitative estimate of drug-likeness (QED) is 0.732. The molecule has 0 saturated carbocycles. The third kappa shape index (κ3) is 1.19. The molecule has 0 amide bonds. The molecule has 0 spiro atoms. The lowest BCUT2D eigenvalue weighted by molar-refractivity contribution is 0.449. The van der Waals surface area contributed by atoms with Gasteiger partial charge in [0.1, 0.15) is 0 Å². The molecule has 1 aromatic heterocycles. The van der Waals surface area contributed by atoms with Gasteiger partial charge in [0.2, 0.25) is 0 Å². The molecule has 2 nitrogen and oxygen atoms in total. The molecule has 0 unspecified atom stereocenters. The first-order valence-electron chi connectivity index (χ1n) is 4.98. The van der Waals surface area contributed by atoms with Gasteiger partial charge in [-0.25, -0.2) is 0 Å². The summed E-state index contributed by atoms with van der Waals surface area (Å²) in [6.45, 7) is 2.24. The maximum atomic E-state index is 4.11. The summed E-state index contributed by atoms with van der Waals surface area (Å²) < 4.78 is 0. The third-order valence-corrected chi connectivity index (χ3v) is 2.92. The number of benzene rings is 1. The molecule has 0 aliphatic carbocycles. The minimum absolute atomic E-state index is 0.715. The van der Waals surface area contributed by atoms with Crippen LogP contribution in [0.4, 0.5) is 0 Å². The van der Waals surface area contributed by atoms with Crippen LogP contribution in [0.5, 0.6) is 0 Å². The lowest BCUT2D eigenvalue weighted by Gasteiger charge is -2.27. The van der Waals surface area contributed by atoms with Gasteiger partial charge in [0.25, 0.3) is 0 Å². The van der Waals surface area contributed by atoms with Gasteiger partial charge >= 0.3 is 0 Å². The van der Waals surface area contributed by atoms with E-state index >= 15 is 0 Å². The Hall–Kier alpha value is -1.41. The van der Waals surface area contributed by atoms with Crippen LogP contribution in [-0.2, 0) is 0 Å². The maximum Gasteiger partial charge on any atom is 0.0346 e.